The second-order valence-corrected chi connectivity index (χ2v) is 8.06. The van der Waals surface area contributed by atoms with E-state index in [9.17, 15) is 4.79 Å². The fourth-order valence-electron chi connectivity index (χ4n) is 4.77. The maximum atomic E-state index is 13.0. The van der Waals surface area contributed by atoms with Crippen LogP contribution in [0.1, 0.15) is 47.0 Å². The molecule has 1 saturated carbocycles. The minimum atomic E-state index is 0.0317. The second-order valence-electron chi connectivity index (χ2n) is 8.06. The summed E-state index contributed by atoms with van der Waals surface area (Å²) in [7, 11) is 0. The van der Waals surface area contributed by atoms with Gasteiger partial charge in [-0.3, -0.25) is 4.79 Å². The molecule has 3 aliphatic rings. The molecule has 1 amide bonds. The number of likely N-dealkylation sites (tertiary alicyclic amines) is 1. The van der Waals surface area contributed by atoms with Gasteiger partial charge in [-0.25, -0.2) is 0 Å². The summed E-state index contributed by atoms with van der Waals surface area (Å²) < 4.78 is 0. The Bertz CT molecular complexity index is 388. The third-order valence-electron chi connectivity index (χ3n) is 6.18. The van der Waals surface area contributed by atoms with Crippen molar-refractivity contribution in [1.82, 2.24) is 10.2 Å². The molecule has 0 spiro atoms. The highest BCUT2D eigenvalue weighted by Gasteiger charge is 2.53. The first-order valence-electron chi connectivity index (χ1n) is 7.86. The van der Waals surface area contributed by atoms with Crippen LogP contribution >= 0.6 is 0 Å². The number of nitrogens with zero attached hydrogens (tertiary/aromatic N) is 1. The molecule has 19 heavy (non-hydrogen) atoms. The topological polar surface area (TPSA) is 32.3 Å². The molecule has 1 aliphatic carbocycles. The smallest absolute Gasteiger partial charge is 0.226 e. The van der Waals surface area contributed by atoms with Gasteiger partial charge in [0, 0.05) is 31.1 Å². The number of amides is 1. The maximum absolute atomic E-state index is 13.0. The molecule has 0 aromatic heterocycles. The third-order valence-corrected chi connectivity index (χ3v) is 6.18. The van der Waals surface area contributed by atoms with Crippen molar-refractivity contribution in [1.29, 1.82) is 0 Å². The lowest BCUT2D eigenvalue weighted by Gasteiger charge is -2.39. The number of nitrogens with one attached hydrogen (secondary N) is 1. The summed E-state index contributed by atoms with van der Waals surface area (Å²) in [4.78, 5) is 15.2. The Balaban J connectivity index is 1.81. The molecule has 3 rings (SSSR count). The van der Waals surface area contributed by atoms with Gasteiger partial charge in [0.25, 0.3) is 0 Å². The Kier molecular flexibility index (Phi) is 2.97. The maximum Gasteiger partial charge on any atom is 0.226 e. The standard InChI is InChI=1S/C16H28N2O/c1-15(2)7-5-6-12(15)14(19)18-10-11-8-17-9-13(11)16(18,3)4/h11-13,17H,5-10H2,1-4H3. The van der Waals surface area contributed by atoms with E-state index in [0.29, 0.717) is 17.7 Å². The summed E-state index contributed by atoms with van der Waals surface area (Å²) in [6, 6.07) is 0. The van der Waals surface area contributed by atoms with Gasteiger partial charge in [-0.1, -0.05) is 20.3 Å². The first-order chi connectivity index (χ1) is 8.84. The predicted molar refractivity (Wildman–Crippen MR) is 76.8 cm³/mol. The van der Waals surface area contributed by atoms with Crippen LogP contribution in [0.15, 0.2) is 0 Å². The van der Waals surface area contributed by atoms with Gasteiger partial charge in [-0.2, -0.15) is 0 Å². The van der Waals surface area contributed by atoms with Crippen molar-refractivity contribution < 1.29 is 4.79 Å². The van der Waals surface area contributed by atoms with Crippen LogP contribution in [0.2, 0.25) is 0 Å². The van der Waals surface area contributed by atoms with E-state index in [1.165, 1.54) is 12.8 Å². The summed E-state index contributed by atoms with van der Waals surface area (Å²) >= 11 is 0. The Morgan fingerprint density at radius 1 is 1.21 bits per heavy atom. The van der Waals surface area contributed by atoms with Gasteiger partial charge in [0.1, 0.15) is 0 Å². The predicted octanol–water partition coefficient (Wildman–Crippen LogP) is 2.27. The molecule has 3 nitrogen and oxygen atoms in total. The summed E-state index contributed by atoms with van der Waals surface area (Å²) in [6.07, 6.45) is 3.50. The highest BCUT2D eigenvalue weighted by atomic mass is 16.2. The first-order valence-corrected chi connectivity index (χ1v) is 7.86. The van der Waals surface area contributed by atoms with E-state index in [-0.39, 0.29) is 16.9 Å². The molecule has 0 radical (unpaired) electrons. The normalized spacial score (nSPS) is 39.6. The van der Waals surface area contributed by atoms with Crippen LogP contribution in [0, 0.1) is 23.2 Å². The molecule has 0 aromatic carbocycles. The Hall–Kier alpha value is -0.570. The van der Waals surface area contributed by atoms with E-state index in [0.717, 1.165) is 26.1 Å². The summed E-state index contributed by atoms with van der Waals surface area (Å²) in [5.41, 5.74) is 0.229. The van der Waals surface area contributed by atoms with Gasteiger partial charge in [-0.05, 0) is 43.9 Å². The van der Waals surface area contributed by atoms with Gasteiger partial charge in [0.05, 0.1) is 0 Å². The van der Waals surface area contributed by atoms with Crippen molar-refractivity contribution in [2.24, 2.45) is 23.2 Å². The zero-order valence-electron chi connectivity index (χ0n) is 12.8. The minimum absolute atomic E-state index is 0.0317. The van der Waals surface area contributed by atoms with Crippen LogP contribution in [-0.2, 0) is 4.79 Å². The molecule has 0 aromatic rings. The van der Waals surface area contributed by atoms with Crippen molar-refractivity contribution in [3.63, 3.8) is 0 Å². The van der Waals surface area contributed by atoms with Gasteiger partial charge in [0.2, 0.25) is 5.91 Å². The first kappa shape index (κ1) is 13.4. The van der Waals surface area contributed by atoms with E-state index < -0.39 is 0 Å². The fraction of sp³-hybridized carbons (Fsp3) is 0.938. The molecule has 0 bridgehead atoms. The molecule has 2 aliphatic heterocycles. The van der Waals surface area contributed by atoms with Gasteiger partial charge >= 0.3 is 0 Å². The minimum Gasteiger partial charge on any atom is -0.337 e. The molecular weight excluding hydrogens is 236 g/mol. The average Bonchev–Trinajstić information content (AvgIpc) is 2.95. The van der Waals surface area contributed by atoms with Crippen LogP contribution in [0.3, 0.4) is 0 Å². The Morgan fingerprint density at radius 3 is 2.53 bits per heavy atom. The fourth-order valence-corrected chi connectivity index (χ4v) is 4.77. The number of carbonyl (C=O) groups excluding carboxylic acids is 1. The average molecular weight is 264 g/mol. The van der Waals surface area contributed by atoms with Crippen molar-refractivity contribution in [2.45, 2.75) is 52.5 Å². The van der Waals surface area contributed by atoms with Crippen molar-refractivity contribution in [3.05, 3.63) is 0 Å². The number of hydrogen-bond donors (Lipinski definition) is 1. The van der Waals surface area contributed by atoms with Gasteiger partial charge < -0.3 is 10.2 Å². The molecule has 3 fully saturated rings. The largest absolute Gasteiger partial charge is 0.337 e. The van der Waals surface area contributed by atoms with E-state index >= 15 is 0 Å². The van der Waals surface area contributed by atoms with Crippen molar-refractivity contribution >= 4 is 5.91 Å². The number of hydrogen-bond acceptors (Lipinski definition) is 2. The van der Waals surface area contributed by atoms with Gasteiger partial charge in [0.15, 0.2) is 0 Å². The van der Waals surface area contributed by atoms with Crippen LogP contribution in [0.5, 0.6) is 0 Å². The van der Waals surface area contributed by atoms with Crippen LogP contribution < -0.4 is 5.32 Å². The van der Waals surface area contributed by atoms with Gasteiger partial charge in [-0.15, -0.1) is 0 Å². The molecular formula is C16H28N2O. The van der Waals surface area contributed by atoms with E-state index in [1.54, 1.807) is 0 Å². The summed E-state index contributed by atoms with van der Waals surface area (Å²) in [6.45, 7) is 12.2. The summed E-state index contributed by atoms with van der Waals surface area (Å²) in [5.74, 6) is 1.99. The number of fused-ring (bicyclic) bond motifs is 1. The zero-order valence-corrected chi connectivity index (χ0v) is 12.8. The SMILES string of the molecule is CC1(C)CCCC1C(=O)N1CC2CNCC2C1(C)C. The van der Waals surface area contributed by atoms with Crippen molar-refractivity contribution in [2.75, 3.05) is 19.6 Å². The van der Waals surface area contributed by atoms with E-state index in [1.807, 2.05) is 0 Å². The van der Waals surface area contributed by atoms with E-state index in [2.05, 4.69) is 37.9 Å². The third kappa shape index (κ3) is 1.93. The monoisotopic (exact) mass is 264 g/mol. The Morgan fingerprint density at radius 2 is 1.95 bits per heavy atom. The molecule has 3 heteroatoms. The quantitative estimate of drug-likeness (QED) is 0.788. The Labute approximate surface area is 117 Å². The molecule has 3 atom stereocenters. The van der Waals surface area contributed by atoms with Crippen LogP contribution in [0.25, 0.3) is 0 Å². The van der Waals surface area contributed by atoms with Crippen LogP contribution in [-0.4, -0.2) is 36.0 Å². The highest BCUT2D eigenvalue weighted by molar-refractivity contribution is 5.81. The van der Waals surface area contributed by atoms with E-state index in [4.69, 9.17) is 0 Å². The number of rotatable bonds is 1. The lowest BCUT2D eigenvalue weighted by Crippen LogP contribution is -2.51. The second kappa shape index (κ2) is 4.21. The molecule has 2 saturated heterocycles. The number of carbonyl (C=O) groups is 1. The summed E-state index contributed by atoms with van der Waals surface area (Å²) in [5, 5.41) is 3.49. The molecule has 3 unspecified atom stereocenters. The lowest BCUT2D eigenvalue weighted by molar-refractivity contribution is -0.142. The molecule has 2 heterocycles. The van der Waals surface area contributed by atoms with Crippen LogP contribution in [0.4, 0.5) is 0 Å². The van der Waals surface area contributed by atoms with Crippen molar-refractivity contribution in [3.8, 4) is 0 Å². The molecule has 108 valence electrons. The zero-order chi connectivity index (χ0) is 13.8. The lowest BCUT2D eigenvalue weighted by atomic mass is 9.80. The highest BCUT2D eigenvalue weighted by Crippen LogP contribution is 2.47. The molecule has 1 N–H and O–H groups in total.